The van der Waals surface area contributed by atoms with Gasteiger partial charge in [-0.2, -0.15) is 44.6 Å². The average molecular weight is 411 g/mol. The molecule has 0 aliphatic heterocycles. The third-order valence-electron chi connectivity index (χ3n) is 3.02. The minimum Gasteiger partial charge on any atom is -0.274 e. The maximum atomic E-state index is 12.8. The zero-order valence-corrected chi connectivity index (χ0v) is 12.6. The highest BCUT2D eigenvalue weighted by atomic mass is 35.5. The molecule has 1 heterocycles. The highest BCUT2D eigenvalue weighted by Crippen LogP contribution is 2.38. The molecule has 0 fully saturated rings. The van der Waals surface area contributed by atoms with Crippen LogP contribution in [0.25, 0.3) is 5.69 Å². The monoisotopic (exact) mass is 410 g/mol. The molecule has 0 atom stereocenters. The zero-order chi connectivity index (χ0) is 20.1. The van der Waals surface area contributed by atoms with Gasteiger partial charge < -0.3 is 0 Å². The van der Waals surface area contributed by atoms with Crippen LogP contribution in [-0.2, 0) is 18.5 Å². The van der Waals surface area contributed by atoms with Crippen LogP contribution in [0, 0.1) is 0 Å². The normalized spacial score (nSPS) is 13.2. The largest absolute Gasteiger partial charge is 0.435 e. The number of benzene rings is 1. The summed E-state index contributed by atoms with van der Waals surface area (Å²) in [5.41, 5.74) is -7.41. The summed E-state index contributed by atoms with van der Waals surface area (Å²) in [6, 6.07) is 0.125. The molecule has 26 heavy (non-hydrogen) atoms. The van der Waals surface area contributed by atoms with Crippen LogP contribution in [-0.4, -0.2) is 15.0 Å². The maximum Gasteiger partial charge on any atom is 0.435 e. The van der Waals surface area contributed by atoms with Crippen molar-refractivity contribution in [2.24, 2.45) is 0 Å². The molecule has 0 amide bonds. The van der Waals surface area contributed by atoms with E-state index in [1.165, 1.54) is 0 Å². The third kappa shape index (κ3) is 4.11. The second kappa shape index (κ2) is 6.18. The van der Waals surface area contributed by atoms with Crippen LogP contribution in [0.1, 0.15) is 27.3 Å². The van der Waals surface area contributed by atoms with Crippen molar-refractivity contribution < 1.29 is 44.3 Å². The SMILES string of the molecule is O=C(Cl)c1cc(C(F)(F)F)nn1-c1cc(C(F)(F)F)cc(C(F)(F)F)c1. The van der Waals surface area contributed by atoms with Crippen molar-refractivity contribution in [1.29, 1.82) is 0 Å². The minimum absolute atomic E-state index is 0.0252. The molecule has 0 unspecified atom stereocenters. The van der Waals surface area contributed by atoms with E-state index in [1.807, 2.05) is 0 Å². The van der Waals surface area contributed by atoms with Crippen molar-refractivity contribution in [3.8, 4) is 5.69 Å². The lowest BCUT2D eigenvalue weighted by Crippen LogP contribution is -2.14. The predicted octanol–water partition coefficient (Wildman–Crippen LogP) is 5.31. The second-order valence-corrected chi connectivity index (χ2v) is 5.21. The predicted molar refractivity (Wildman–Crippen MR) is 68.8 cm³/mol. The Bertz CT molecular complexity index is 817. The molecule has 0 saturated carbocycles. The molecule has 0 aliphatic carbocycles. The van der Waals surface area contributed by atoms with E-state index in [2.05, 4.69) is 5.10 Å². The summed E-state index contributed by atoms with van der Waals surface area (Å²) < 4.78 is 115. The van der Waals surface area contributed by atoms with Crippen LogP contribution in [0.5, 0.6) is 0 Å². The molecular weight excluding hydrogens is 407 g/mol. The van der Waals surface area contributed by atoms with E-state index < -0.39 is 52.0 Å². The summed E-state index contributed by atoms with van der Waals surface area (Å²) in [5, 5.41) is 1.31. The van der Waals surface area contributed by atoms with E-state index in [9.17, 15) is 44.3 Å². The van der Waals surface area contributed by atoms with Gasteiger partial charge in [-0.05, 0) is 29.8 Å². The van der Waals surface area contributed by atoms with Crippen LogP contribution >= 0.6 is 11.6 Å². The number of carbonyl (C=O) groups is 1. The topological polar surface area (TPSA) is 34.9 Å². The number of hydrogen-bond donors (Lipinski definition) is 0. The van der Waals surface area contributed by atoms with Crippen LogP contribution < -0.4 is 0 Å². The molecule has 13 heteroatoms. The van der Waals surface area contributed by atoms with E-state index >= 15 is 0 Å². The smallest absolute Gasteiger partial charge is 0.274 e. The molecule has 0 N–H and O–H groups in total. The standard InChI is InChI=1S/C13H4ClF9N2O/c14-10(26)8-4-9(13(21,22)23)24-25(8)7-2-5(11(15,16)17)1-6(3-7)12(18,19)20/h1-4H. The van der Waals surface area contributed by atoms with Crippen molar-refractivity contribution in [1.82, 2.24) is 9.78 Å². The molecule has 0 radical (unpaired) electrons. The number of rotatable bonds is 2. The fourth-order valence-corrected chi connectivity index (χ4v) is 2.05. The molecular formula is C13H4ClF9N2O. The van der Waals surface area contributed by atoms with E-state index in [0.29, 0.717) is 0 Å². The first-order chi connectivity index (χ1) is 11.6. The van der Waals surface area contributed by atoms with Gasteiger partial charge in [0.2, 0.25) is 0 Å². The number of alkyl halides is 9. The summed E-state index contributed by atoms with van der Waals surface area (Å²) in [7, 11) is 0. The molecule has 0 aliphatic rings. The summed E-state index contributed by atoms with van der Waals surface area (Å²) in [6.07, 6.45) is -15.6. The Morgan fingerprint density at radius 1 is 0.808 bits per heavy atom. The molecule has 1 aromatic heterocycles. The molecule has 1 aromatic carbocycles. The average Bonchev–Trinajstić information content (AvgIpc) is 2.90. The molecule has 3 nitrogen and oxygen atoms in total. The van der Waals surface area contributed by atoms with Crippen LogP contribution in [0.2, 0.25) is 0 Å². The molecule has 2 aromatic rings. The lowest BCUT2D eigenvalue weighted by atomic mass is 10.1. The van der Waals surface area contributed by atoms with Crippen molar-refractivity contribution in [2.45, 2.75) is 18.5 Å². The number of nitrogens with zero attached hydrogens (tertiary/aromatic N) is 2. The highest BCUT2D eigenvalue weighted by Gasteiger charge is 2.39. The molecule has 2 rings (SSSR count). The summed E-state index contributed by atoms with van der Waals surface area (Å²) in [4.78, 5) is 11.2. The quantitative estimate of drug-likeness (QED) is 0.497. The van der Waals surface area contributed by atoms with Crippen molar-refractivity contribution in [2.75, 3.05) is 0 Å². The van der Waals surface area contributed by atoms with E-state index in [1.54, 1.807) is 0 Å². The van der Waals surface area contributed by atoms with Crippen molar-refractivity contribution in [3.05, 3.63) is 46.8 Å². The van der Waals surface area contributed by atoms with Gasteiger partial charge in [-0.1, -0.05) is 0 Å². The second-order valence-electron chi connectivity index (χ2n) is 4.86. The van der Waals surface area contributed by atoms with Gasteiger partial charge in [0.25, 0.3) is 5.24 Å². The zero-order valence-electron chi connectivity index (χ0n) is 11.9. The van der Waals surface area contributed by atoms with Gasteiger partial charge in [-0.3, -0.25) is 4.79 Å². The lowest BCUT2D eigenvalue weighted by molar-refractivity contribution is -0.143. The third-order valence-corrected chi connectivity index (χ3v) is 3.21. The Labute approximate surface area is 143 Å². The van der Waals surface area contributed by atoms with Gasteiger partial charge in [0, 0.05) is 6.07 Å². The molecule has 0 saturated heterocycles. The summed E-state index contributed by atoms with van der Waals surface area (Å²) >= 11 is 5.07. The van der Waals surface area contributed by atoms with Gasteiger partial charge in [-0.25, -0.2) is 4.68 Å². The van der Waals surface area contributed by atoms with E-state index in [4.69, 9.17) is 11.6 Å². The van der Waals surface area contributed by atoms with Gasteiger partial charge in [0.15, 0.2) is 5.69 Å². The number of carbonyl (C=O) groups excluding carboxylic acids is 1. The Morgan fingerprint density at radius 3 is 1.62 bits per heavy atom. The first-order valence-corrected chi connectivity index (χ1v) is 6.65. The maximum absolute atomic E-state index is 12.8. The van der Waals surface area contributed by atoms with Crippen molar-refractivity contribution in [3.63, 3.8) is 0 Å². The Hall–Kier alpha value is -2.24. The Kier molecular flexibility index (Phi) is 4.77. The first kappa shape index (κ1) is 20.1. The lowest BCUT2D eigenvalue weighted by Gasteiger charge is -2.15. The number of hydrogen-bond acceptors (Lipinski definition) is 2. The van der Waals surface area contributed by atoms with Crippen molar-refractivity contribution >= 4 is 16.8 Å². The highest BCUT2D eigenvalue weighted by molar-refractivity contribution is 6.67. The van der Waals surface area contributed by atoms with Crippen LogP contribution in [0.4, 0.5) is 39.5 Å². The van der Waals surface area contributed by atoms with E-state index in [0.717, 1.165) is 0 Å². The van der Waals surface area contributed by atoms with Gasteiger partial charge >= 0.3 is 18.5 Å². The fraction of sp³-hybridized carbons (Fsp3) is 0.231. The number of aromatic nitrogens is 2. The molecule has 0 bridgehead atoms. The van der Waals surface area contributed by atoms with E-state index in [-0.39, 0.29) is 28.9 Å². The fourth-order valence-electron chi connectivity index (χ4n) is 1.92. The van der Waals surface area contributed by atoms with Gasteiger partial charge in [0.1, 0.15) is 5.69 Å². The van der Waals surface area contributed by atoms with Crippen LogP contribution in [0.15, 0.2) is 24.3 Å². The van der Waals surface area contributed by atoms with Gasteiger partial charge in [0.05, 0.1) is 16.8 Å². The summed E-state index contributed by atoms with van der Waals surface area (Å²) in [6.45, 7) is 0. The summed E-state index contributed by atoms with van der Waals surface area (Å²) in [5.74, 6) is 0. The Morgan fingerprint density at radius 2 is 1.27 bits per heavy atom. The van der Waals surface area contributed by atoms with Gasteiger partial charge in [-0.15, -0.1) is 0 Å². The molecule has 142 valence electrons. The number of halogens is 10. The Balaban J connectivity index is 2.79. The minimum atomic E-state index is -5.23. The molecule has 0 spiro atoms. The van der Waals surface area contributed by atoms with Crippen LogP contribution in [0.3, 0.4) is 0 Å². The first-order valence-electron chi connectivity index (χ1n) is 6.27.